The fraction of sp³-hybridized carbons (Fsp3) is 0.368. The number of hydrogen-bond acceptors (Lipinski definition) is 5. The maximum absolute atomic E-state index is 12.2. The average molecular weight is 369 g/mol. The number of amides is 1. The van der Waals surface area contributed by atoms with Gasteiger partial charge in [0.2, 0.25) is 11.9 Å². The van der Waals surface area contributed by atoms with Crippen LogP contribution in [0.15, 0.2) is 39.7 Å². The fourth-order valence-electron chi connectivity index (χ4n) is 2.70. The van der Waals surface area contributed by atoms with Crippen LogP contribution in [0.3, 0.4) is 0 Å². The Kier molecular flexibility index (Phi) is 5.85. The molecular formula is C19H23N5O3. The Morgan fingerprint density at radius 1 is 1.30 bits per heavy atom. The quantitative estimate of drug-likeness (QED) is 0.634. The summed E-state index contributed by atoms with van der Waals surface area (Å²) in [6.07, 6.45) is 5.24. The summed E-state index contributed by atoms with van der Waals surface area (Å²) < 4.78 is 6.83. The molecule has 0 aliphatic rings. The highest BCUT2D eigenvalue weighted by Gasteiger charge is 2.17. The number of aromatic amines is 1. The van der Waals surface area contributed by atoms with Crippen molar-refractivity contribution < 1.29 is 9.21 Å². The minimum absolute atomic E-state index is 0.115. The molecule has 2 N–H and O–H groups in total. The van der Waals surface area contributed by atoms with Gasteiger partial charge in [-0.15, -0.1) is 0 Å². The van der Waals surface area contributed by atoms with E-state index in [4.69, 9.17) is 4.42 Å². The molecule has 0 aromatic carbocycles. The lowest BCUT2D eigenvalue weighted by molar-refractivity contribution is -0.116. The molecule has 0 radical (unpaired) electrons. The monoisotopic (exact) mass is 369 g/mol. The second-order valence-corrected chi connectivity index (χ2v) is 6.27. The molecule has 0 fully saturated rings. The van der Waals surface area contributed by atoms with Crippen molar-refractivity contribution in [3.05, 3.63) is 46.6 Å². The van der Waals surface area contributed by atoms with E-state index >= 15 is 0 Å². The van der Waals surface area contributed by atoms with Gasteiger partial charge in [-0.3, -0.25) is 14.6 Å². The van der Waals surface area contributed by atoms with E-state index in [0.29, 0.717) is 35.8 Å². The van der Waals surface area contributed by atoms with E-state index in [9.17, 15) is 9.59 Å². The van der Waals surface area contributed by atoms with Crippen LogP contribution in [0.4, 0.5) is 5.82 Å². The molecule has 3 rings (SSSR count). The number of carbonyl (C=O) groups excluding carboxylic acids is 1. The first kappa shape index (κ1) is 18.6. The van der Waals surface area contributed by atoms with Crippen molar-refractivity contribution in [2.24, 2.45) is 0 Å². The third kappa shape index (κ3) is 4.52. The maximum atomic E-state index is 12.2. The van der Waals surface area contributed by atoms with Gasteiger partial charge in [0, 0.05) is 24.2 Å². The van der Waals surface area contributed by atoms with Crippen LogP contribution in [-0.4, -0.2) is 25.7 Å². The van der Waals surface area contributed by atoms with E-state index in [1.54, 1.807) is 24.5 Å². The number of nitrogens with zero attached hydrogens (tertiary/aromatic N) is 3. The van der Waals surface area contributed by atoms with Gasteiger partial charge in [-0.2, -0.15) is 9.78 Å². The Morgan fingerprint density at radius 3 is 2.85 bits per heavy atom. The minimum atomic E-state index is -0.262. The zero-order valence-electron chi connectivity index (χ0n) is 15.5. The fourth-order valence-corrected chi connectivity index (χ4v) is 2.70. The van der Waals surface area contributed by atoms with Crippen LogP contribution in [0.2, 0.25) is 0 Å². The number of aryl methyl sites for hydroxylation is 1. The molecule has 0 spiro atoms. The smallest absolute Gasteiger partial charge is 0.252 e. The summed E-state index contributed by atoms with van der Waals surface area (Å²) >= 11 is 0. The highest BCUT2D eigenvalue weighted by Crippen LogP contribution is 2.24. The molecule has 3 heterocycles. The number of carbonyl (C=O) groups is 1. The van der Waals surface area contributed by atoms with Crippen LogP contribution < -0.4 is 10.9 Å². The molecule has 0 saturated carbocycles. The van der Waals surface area contributed by atoms with Gasteiger partial charge in [0.25, 0.3) is 5.56 Å². The van der Waals surface area contributed by atoms with Gasteiger partial charge in [-0.1, -0.05) is 26.7 Å². The van der Waals surface area contributed by atoms with Crippen molar-refractivity contribution in [3.8, 4) is 17.4 Å². The van der Waals surface area contributed by atoms with E-state index in [-0.39, 0.29) is 17.4 Å². The summed E-state index contributed by atoms with van der Waals surface area (Å²) in [6.45, 7) is 4.05. The molecule has 0 bridgehead atoms. The Labute approximate surface area is 156 Å². The van der Waals surface area contributed by atoms with E-state index in [2.05, 4.69) is 20.4 Å². The summed E-state index contributed by atoms with van der Waals surface area (Å²) in [5.41, 5.74) is 0.950. The van der Waals surface area contributed by atoms with Crippen molar-refractivity contribution in [2.75, 3.05) is 5.32 Å². The lowest BCUT2D eigenvalue weighted by Gasteiger charge is -2.08. The van der Waals surface area contributed by atoms with Crippen molar-refractivity contribution in [1.29, 1.82) is 0 Å². The molecule has 0 aliphatic carbocycles. The Hall–Kier alpha value is -3.16. The first-order valence-corrected chi connectivity index (χ1v) is 9.15. The highest BCUT2D eigenvalue weighted by atomic mass is 16.3. The molecule has 8 nitrogen and oxygen atoms in total. The topological polar surface area (TPSA) is 106 Å². The second kappa shape index (κ2) is 8.48. The summed E-state index contributed by atoms with van der Waals surface area (Å²) in [6, 6.07) is 6.72. The summed E-state index contributed by atoms with van der Waals surface area (Å²) in [5.74, 6) is 1.13. The van der Waals surface area contributed by atoms with Crippen LogP contribution in [0, 0.1) is 0 Å². The van der Waals surface area contributed by atoms with Crippen molar-refractivity contribution in [3.63, 3.8) is 0 Å². The summed E-state index contributed by atoms with van der Waals surface area (Å²) in [7, 11) is 0. The number of rotatable bonds is 8. The molecular weight excluding hydrogens is 346 g/mol. The largest absolute Gasteiger partial charge is 0.463 e. The van der Waals surface area contributed by atoms with Gasteiger partial charge in [-0.05, 0) is 25.0 Å². The SMILES string of the molecule is CCCCC(=O)Nc1cc(-c2ccco2)nn1-c1nc(CCC)cc(=O)[nH]1. The molecule has 0 aliphatic heterocycles. The lowest BCUT2D eigenvalue weighted by atomic mass is 10.2. The van der Waals surface area contributed by atoms with Crippen molar-refractivity contribution in [2.45, 2.75) is 46.0 Å². The van der Waals surface area contributed by atoms with Crippen molar-refractivity contribution >= 4 is 11.7 Å². The molecule has 1 amide bonds. The number of nitrogens with one attached hydrogen (secondary N) is 2. The van der Waals surface area contributed by atoms with Gasteiger partial charge in [0.05, 0.1) is 6.26 Å². The first-order valence-electron chi connectivity index (χ1n) is 9.15. The van der Waals surface area contributed by atoms with Crippen LogP contribution in [-0.2, 0) is 11.2 Å². The van der Waals surface area contributed by atoms with Gasteiger partial charge < -0.3 is 9.73 Å². The third-order valence-electron chi connectivity index (χ3n) is 4.00. The van der Waals surface area contributed by atoms with Gasteiger partial charge in [-0.25, -0.2) is 4.98 Å². The number of anilines is 1. The molecule has 3 aromatic heterocycles. The molecule has 142 valence electrons. The first-order chi connectivity index (χ1) is 13.1. The number of furan rings is 1. The third-order valence-corrected chi connectivity index (χ3v) is 4.00. The molecule has 0 atom stereocenters. The molecule has 8 heteroatoms. The van der Waals surface area contributed by atoms with Crippen LogP contribution in [0.25, 0.3) is 17.4 Å². The number of aromatic nitrogens is 4. The van der Waals surface area contributed by atoms with Gasteiger partial charge >= 0.3 is 0 Å². The van der Waals surface area contributed by atoms with Crippen LogP contribution in [0.5, 0.6) is 0 Å². The molecule has 3 aromatic rings. The molecule has 0 unspecified atom stereocenters. The standard InChI is InChI=1S/C19H23N5O3/c1-3-5-9-17(25)21-16-12-14(15-8-6-10-27-15)23-24(16)19-20-13(7-4-2)11-18(26)22-19/h6,8,10-12H,3-5,7,9H2,1-2H3,(H,21,25)(H,20,22,26). The Morgan fingerprint density at radius 2 is 2.15 bits per heavy atom. The Balaban J connectivity index is 2.02. The normalized spacial score (nSPS) is 10.9. The molecule has 27 heavy (non-hydrogen) atoms. The number of H-pyrrole nitrogens is 1. The lowest BCUT2D eigenvalue weighted by Crippen LogP contribution is -2.19. The number of hydrogen-bond donors (Lipinski definition) is 2. The second-order valence-electron chi connectivity index (χ2n) is 6.27. The van der Waals surface area contributed by atoms with E-state index in [1.165, 1.54) is 10.7 Å². The summed E-state index contributed by atoms with van der Waals surface area (Å²) in [5, 5.41) is 7.33. The van der Waals surface area contributed by atoms with Crippen LogP contribution in [0.1, 0.15) is 45.2 Å². The van der Waals surface area contributed by atoms with E-state index < -0.39 is 0 Å². The molecule has 0 saturated heterocycles. The van der Waals surface area contributed by atoms with E-state index in [0.717, 1.165) is 19.3 Å². The van der Waals surface area contributed by atoms with Gasteiger partial charge in [0.1, 0.15) is 11.5 Å². The maximum Gasteiger partial charge on any atom is 0.252 e. The van der Waals surface area contributed by atoms with Crippen LogP contribution >= 0.6 is 0 Å². The average Bonchev–Trinajstić information content (AvgIpc) is 3.29. The van der Waals surface area contributed by atoms with Gasteiger partial charge in [0.15, 0.2) is 5.76 Å². The van der Waals surface area contributed by atoms with E-state index in [1.807, 2.05) is 13.8 Å². The predicted octanol–water partition coefficient (Wildman–Crippen LogP) is 3.30. The zero-order chi connectivity index (χ0) is 19.2. The highest BCUT2D eigenvalue weighted by molar-refractivity contribution is 5.90. The minimum Gasteiger partial charge on any atom is -0.463 e. The number of unbranched alkanes of at least 4 members (excludes halogenated alkanes) is 1. The zero-order valence-corrected chi connectivity index (χ0v) is 15.5. The predicted molar refractivity (Wildman–Crippen MR) is 102 cm³/mol. The summed E-state index contributed by atoms with van der Waals surface area (Å²) in [4.78, 5) is 31.4. The Bertz CT molecular complexity index is 956. The van der Waals surface area contributed by atoms with Crippen molar-refractivity contribution in [1.82, 2.24) is 19.7 Å².